The van der Waals surface area contributed by atoms with Gasteiger partial charge in [-0.1, -0.05) is 43.3 Å². The number of amides is 1. The van der Waals surface area contributed by atoms with Crippen LogP contribution < -0.4 is 5.32 Å². The highest BCUT2D eigenvalue weighted by molar-refractivity contribution is 7.13. The minimum atomic E-state index is 0.0769. The zero-order valence-electron chi connectivity index (χ0n) is 12.6. The largest absolute Gasteiger partial charge is 0.349 e. The fourth-order valence-corrected chi connectivity index (χ4v) is 3.55. The molecule has 1 N–H and O–H groups in total. The van der Waals surface area contributed by atoms with E-state index in [9.17, 15) is 4.79 Å². The minimum Gasteiger partial charge on any atom is -0.349 e. The first-order chi connectivity index (χ1) is 10.8. The Morgan fingerprint density at radius 1 is 1.36 bits per heavy atom. The van der Waals surface area contributed by atoms with Gasteiger partial charge in [0.05, 0.1) is 11.4 Å². The summed E-state index contributed by atoms with van der Waals surface area (Å²) in [7, 11) is 0. The van der Waals surface area contributed by atoms with Gasteiger partial charge in [-0.15, -0.1) is 11.3 Å². The van der Waals surface area contributed by atoms with Crippen molar-refractivity contribution < 1.29 is 9.32 Å². The van der Waals surface area contributed by atoms with Crippen LogP contribution in [-0.2, 0) is 11.3 Å². The molecule has 2 aromatic rings. The first-order valence-electron chi connectivity index (χ1n) is 7.94. The van der Waals surface area contributed by atoms with Crippen LogP contribution in [0, 0.1) is 5.92 Å². The molecule has 3 rings (SSSR count). The van der Waals surface area contributed by atoms with Gasteiger partial charge in [0.15, 0.2) is 5.82 Å². The fraction of sp³-hybridized carbons (Fsp3) is 0.562. The van der Waals surface area contributed by atoms with Crippen molar-refractivity contribution in [3.63, 3.8) is 0 Å². The van der Waals surface area contributed by atoms with E-state index in [1.54, 1.807) is 11.3 Å². The molecule has 2 aromatic heterocycles. The Balaban J connectivity index is 1.41. The Morgan fingerprint density at radius 2 is 2.23 bits per heavy atom. The van der Waals surface area contributed by atoms with Gasteiger partial charge in [0.1, 0.15) is 0 Å². The van der Waals surface area contributed by atoms with Crippen LogP contribution in [0.2, 0.25) is 0 Å². The van der Waals surface area contributed by atoms with Gasteiger partial charge in [-0.05, 0) is 23.8 Å². The summed E-state index contributed by atoms with van der Waals surface area (Å²) in [6.45, 7) is 0.332. The topological polar surface area (TPSA) is 68.0 Å². The molecule has 5 nitrogen and oxygen atoms in total. The lowest BCUT2D eigenvalue weighted by atomic mass is 9.86. The maximum Gasteiger partial charge on any atom is 0.268 e. The second kappa shape index (κ2) is 7.54. The van der Waals surface area contributed by atoms with Crippen molar-refractivity contribution in [2.75, 3.05) is 0 Å². The van der Waals surface area contributed by atoms with E-state index in [1.807, 2.05) is 17.5 Å². The summed E-state index contributed by atoms with van der Waals surface area (Å²) in [5.74, 6) is 1.85. The van der Waals surface area contributed by atoms with Crippen LogP contribution in [-0.4, -0.2) is 16.0 Å². The lowest BCUT2D eigenvalue weighted by Crippen LogP contribution is -2.24. The molecule has 1 amide bonds. The summed E-state index contributed by atoms with van der Waals surface area (Å²) in [6.07, 6.45) is 8.15. The van der Waals surface area contributed by atoms with Gasteiger partial charge >= 0.3 is 0 Å². The summed E-state index contributed by atoms with van der Waals surface area (Å²) in [5.41, 5.74) is 0. The van der Waals surface area contributed by atoms with Gasteiger partial charge in [-0.25, -0.2) is 0 Å². The maximum atomic E-state index is 11.9. The number of hydrogen-bond acceptors (Lipinski definition) is 5. The van der Waals surface area contributed by atoms with E-state index in [2.05, 4.69) is 15.5 Å². The van der Waals surface area contributed by atoms with Gasteiger partial charge in [0, 0.05) is 6.42 Å². The third-order valence-electron chi connectivity index (χ3n) is 4.15. The molecule has 2 heterocycles. The lowest BCUT2D eigenvalue weighted by Gasteiger charge is -2.20. The third kappa shape index (κ3) is 4.16. The molecule has 1 fully saturated rings. The van der Waals surface area contributed by atoms with E-state index in [-0.39, 0.29) is 5.91 Å². The smallest absolute Gasteiger partial charge is 0.268 e. The molecule has 0 saturated heterocycles. The highest BCUT2D eigenvalue weighted by atomic mass is 32.1. The summed E-state index contributed by atoms with van der Waals surface area (Å²) in [6, 6.07) is 3.88. The summed E-state index contributed by atoms with van der Waals surface area (Å²) in [4.78, 5) is 17.1. The van der Waals surface area contributed by atoms with Crippen molar-refractivity contribution in [3.05, 3.63) is 23.3 Å². The molecule has 0 radical (unpaired) electrons. The number of carbonyl (C=O) groups excluding carboxylic acids is 1. The SMILES string of the molecule is O=C(CCC1CCCCC1)NCc1noc(-c2cccs2)n1. The van der Waals surface area contributed by atoms with E-state index < -0.39 is 0 Å². The average Bonchev–Trinajstić information content (AvgIpc) is 3.22. The predicted molar refractivity (Wildman–Crippen MR) is 85.3 cm³/mol. The molecular formula is C16H21N3O2S. The van der Waals surface area contributed by atoms with Gasteiger partial charge in [-0.2, -0.15) is 4.98 Å². The van der Waals surface area contributed by atoms with Crippen LogP contribution in [0.4, 0.5) is 0 Å². The van der Waals surface area contributed by atoms with Crippen LogP contribution in [0.5, 0.6) is 0 Å². The number of nitrogens with one attached hydrogen (secondary N) is 1. The summed E-state index contributed by atoms with van der Waals surface area (Å²) < 4.78 is 5.19. The molecule has 0 bridgehead atoms. The maximum absolute atomic E-state index is 11.9. The van der Waals surface area contributed by atoms with Gasteiger partial charge in [0.2, 0.25) is 5.91 Å². The Hall–Kier alpha value is -1.69. The van der Waals surface area contributed by atoms with Crippen LogP contribution in [0.25, 0.3) is 10.8 Å². The molecular weight excluding hydrogens is 298 g/mol. The summed E-state index contributed by atoms with van der Waals surface area (Å²) in [5, 5.41) is 8.74. The predicted octanol–water partition coefficient (Wildman–Crippen LogP) is 3.77. The Morgan fingerprint density at radius 3 is 3.00 bits per heavy atom. The van der Waals surface area contributed by atoms with Crippen molar-refractivity contribution in [1.29, 1.82) is 0 Å². The molecule has 1 aliphatic rings. The number of hydrogen-bond donors (Lipinski definition) is 1. The van der Waals surface area contributed by atoms with E-state index in [1.165, 1.54) is 32.1 Å². The number of aromatic nitrogens is 2. The second-order valence-corrected chi connectivity index (χ2v) is 6.76. The van der Waals surface area contributed by atoms with Crippen molar-refractivity contribution >= 4 is 17.2 Å². The van der Waals surface area contributed by atoms with Crippen molar-refractivity contribution in [3.8, 4) is 10.8 Å². The molecule has 0 spiro atoms. The monoisotopic (exact) mass is 319 g/mol. The van der Waals surface area contributed by atoms with Crippen molar-refractivity contribution in [2.45, 2.75) is 51.5 Å². The van der Waals surface area contributed by atoms with Gasteiger partial charge in [-0.3, -0.25) is 4.79 Å². The van der Waals surface area contributed by atoms with Crippen LogP contribution in [0.15, 0.2) is 22.0 Å². The molecule has 0 aliphatic heterocycles. The lowest BCUT2D eigenvalue weighted by molar-refractivity contribution is -0.121. The molecule has 6 heteroatoms. The number of nitrogens with zero attached hydrogens (tertiary/aromatic N) is 2. The first kappa shape index (κ1) is 15.2. The van der Waals surface area contributed by atoms with Gasteiger partial charge < -0.3 is 9.84 Å². The van der Waals surface area contributed by atoms with E-state index in [4.69, 9.17) is 4.52 Å². The van der Waals surface area contributed by atoms with Crippen LogP contribution in [0.1, 0.15) is 50.8 Å². The second-order valence-electron chi connectivity index (χ2n) is 5.81. The fourth-order valence-electron chi connectivity index (χ4n) is 2.90. The van der Waals surface area contributed by atoms with Crippen LogP contribution >= 0.6 is 11.3 Å². The molecule has 0 aromatic carbocycles. The molecule has 118 valence electrons. The van der Waals surface area contributed by atoms with Crippen molar-refractivity contribution in [2.24, 2.45) is 5.92 Å². The standard InChI is InChI=1S/C16H21N3O2S/c20-15(9-8-12-5-2-1-3-6-12)17-11-14-18-16(21-19-14)13-7-4-10-22-13/h4,7,10,12H,1-3,5-6,8-9,11H2,(H,17,20). The first-order valence-corrected chi connectivity index (χ1v) is 8.82. The summed E-state index contributed by atoms with van der Waals surface area (Å²) >= 11 is 1.55. The number of rotatable bonds is 6. The van der Waals surface area contributed by atoms with Gasteiger partial charge in [0.25, 0.3) is 5.89 Å². The highest BCUT2D eigenvalue weighted by Crippen LogP contribution is 2.27. The Kier molecular flexibility index (Phi) is 5.21. The number of thiophene rings is 1. The normalized spacial score (nSPS) is 15.8. The molecule has 1 saturated carbocycles. The average molecular weight is 319 g/mol. The molecule has 0 atom stereocenters. The molecule has 0 unspecified atom stereocenters. The Bertz CT molecular complexity index is 588. The highest BCUT2D eigenvalue weighted by Gasteiger charge is 2.15. The zero-order valence-corrected chi connectivity index (χ0v) is 13.4. The van der Waals surface area contributed by atoms with Crippen molar-refractivity contribution in [1.82, 2.24) is 15.5 Å². The van der Waals surface area contributed by atoms with E-state index in [0.29, 0.717) is 24.7 Å². The third-order valence-corrected chi connectivity index (χ3v) is 5.01. The quantitative estimate of drug-likeness (QED) is 0.880. The van der Waals surface area contributed by atoms with Crippen LogP contribution in [0.3, 0.4) is 0 Å². The molecule has 22 heavy (non-hydrogen) atoms. The Labute approximate surface area is 134 Å². The zero-order chi connectivity index (χ0) is 15.2. The van der Waals surface area contributed by atoms with E-state index >= 15 is 0 Å². The molecule has 1 aliphatic carbocycles. The minimum absolute atomic E-state index is 0.0769. The van der Waals surface area contributed by atoms with E-state index in [0.717, 1.165) is 17.2 Å². The number of carbonyl (C=O) groups is 1.